The molecule has 16 heavy (non-hydrogen) atoms. The van der Waals surface area contributed by atoms with E-state index in [9.17, 15) is 0 Å². The van der Waals surface area contributed by atoms with Gasteiger partial charge in [0.2, 0.25) is 0 Å². The Labute approximate surface area is 96.8 Å². The fraction of sp³-hybridized carbons (Fsp3) is 0.286. The second-order valence-corrected chi connectivity index (χ2v) is 4.26. The van der Waals surface area contributed by atoms with Crippen LogP contribution in [0.25, 0.3) is 0 Å². The van der Waals surface area contributed by atoms with Crippen molar-refractivity contribution in [3.05, 3.63) is 60.2 Å². The van der Waals surface area contributed by atoms with Gasteiger partial charge >= 0.3 is 0 Å². The lowest BCUT2D eigenvalue weighted by Crippen LogP contribution is -2.27. The van der Waals surface area contributed by atoms with Crippen molar-refractivity contribution in [1.29, 1.82) is 0 Å². The fourth-order valence-electron chi connectivity index (χ4n) is 1.88. The van der Waals surface area contributed by atoms with Gasteiger partial charge in [-0.15, -0.1) is 0 Å². The molecule has 0 aliphatic heterocycles. The maximum Gasteiger partial charge on any atom is 0.171 e. The lowest BCUT2D eigenvalue weighted by Gasteiger charge is -1.99. The maximum atomic E-state index is 2.18. The van der Waals surface area contributed by atoms with Crippen LogP contribution < -0.4 is 9.13 Å². The van der Waals surface area contributed by atoms with Gasteiger partial charge in [-0.2, -0.15) is 0 Å². The van der Waals surface area contributed by atoms with Crippen molar-refractivity contribution in [3.8, 4) is 0 Å². The monoisotopic (exact) mass is 214 g/mol. The van der Waals surface area contributed by atoms with Crippen LogP contribution in [-0.2, 0) is 26.9 Å². The molecular weight excluding hydrogens is 196 g/mol. The Balaban J connectivity index is 2.02. The molecule has 0 radical (unpaired) electrons. The van der Waals surface area contributed by atoms with Crippen LogP contribution in [0, 0.1) is 0 Å². The van der Waals surface area contributed by atoms with Crippen LogP contribution in [-0.4, -0.2) is 0 Å². The highest BCUT2D eigenvalue weighted by Gasteiger charge is 2.02. The van der Waals surface area contributed by atoms with Crippen LogP contribution in [0.3, 0.4) is 0 Å². The molecule has 0 amide bonds. The van der Waals surface area contributed by atoms with E-state index in [1.807, 2.05) is 0 Å². The highest BCUT2D eigenvalue weighted by molar-refractivity contribution is 5.11. The Bertz CT molecular complexity index is 432. The molecule has 2 nitrogen and oxygen atoms in total. The molecule has 0 N–H and O–H groups in total. The van der Waals surface area contributed by atoms with Gasteiger partial charge in [0.05, 0.1) is 0 Å². The van der Waals surface area contributed by atoms with E-state index in [-0.39, 0.29) is 0 Å². The van der Waals surface area contributed by atoms with Crippen LogP contribution in [0.15, 0.2) is 49.1 Å². The minimum absolute atomic E-state index is 1.10. The smallest absolute Gasteiger partial charge is 0.171 e. The fourth-order valence-corrected chi connectivity index (χ4v) is 1.88. The van der Waals surface area contributed by atoms with Gasteiger partial charge in [-0.3, -0.25) is 0 Å². The maximum absolute atomic E-state index is 2.18. The minimum Gasteiger partial charge on any atom is -0.208 e. The predicted molar refractivity (Wildman–Crippen MR) is 62.6 cm³/mol. The Morgan fingerprint density at radius 1 is 0.812 bits per heavy atom. The van der Waals surface area contributed by atoms with E-state index < -0.39 is 0 Å². The van der Waals surface area contributed by atoms with Crippen molar-refractivity contribution >= 4 is 0 Å². The summed E-state index contributed by atoms with van der Waals surface area (Å²) in [6.07, 6.45) is 10.7. The summed E-state index contributed by atoms with van der Waals surface area (Å²) in [4.78, 5) is 0. The Morgan fingerprint density at radius 2 is 1.25 bits per heavy atom. The van der Waals surface area contributed by atoms with Crippen LogP contribution in [0.1, 0.15) is 11.1 Å². The molecule has 0 aliphatic carbocycles. The number of rotatable bonds is 3. The lowest BCUT2D eigenvalue weighted by molar-refractivity contribution is -0.672. The summed E-state index contributed by atoms with van der Waals surface area (Å²) < 4.78 is 4.20. The van der Waals surface area contributed by atoms with E-state index in [0.29, 0.717) is 0 Å². The summed E-state index contributed by atoms with van der Waals surface area (Å²) in [7, 11) is 4.12. The van der Waals surface area contributed by atoms with Crippen molar-refractivity contribution in [2.24, 2.45) is 14.1 Å². The van der Waals surface area contributed by atoms with E-state index in [2.05, 4.69) is 72.3 Å². The molecule has 2 rings (SSSR count). The van der Waals surface area contributed by atoms with Crippen LogP contribution in [0.5, 0.6) is 0 Å². The second kappa shape index (κ2) is 4.88. The normalized spacial score (nSPS) is 10.4. The van der Waals surface area contributed by atoms with Crippen LogP contribution in [0.2, 0.25) is 0 Å². The first-order valence-electron chi connectivity index (χ1n) is 5.62. The molecule has 0 fully saturated rings. The Morgan fingerprint density at radius 3 is 1.62 bits per heavy atom. The van der Waals surface area contributed by atoms with E-state index in [1.165, 1.54) is 11.1 Å². The third-order valence-corrected chi connectivity index (χ3v) is 2.70. The van der Waals surface area contributed by atoms with Gasteiger partial charge < -0.3 is 0 Å². The molecule has 2 aromatic rings. The largest absolute Gasteiger partial charge is 0.208 e. The SMILES string of the molecule is C[n+]1cccc(CCc2ccc[n+](C)c2)c1. The number of hydrogen-bond donors (Lipinski definition) is 0. The van der Waals surface area contributed by atoms with Gasteiger partial charge in [-0.25, -0.2) is 9.13 Å². The predicted octanol–water partition coefficient (Wildman–Crippen LogP) is 1.12. The third-order valence-electron chi connectivity index (χ3n) is 2.70. The zero-order chi connectivity index (χ0) is 11.4. The number of nitrogens with zero attached hydrogens (tertiary/aromatic N) is 2. The Hall–Kier alpha value is -1.70. The molecule has 0 saturated carbocycles. The first-order valence-corrected chi connectivity index (χ1v) is 5.62. The van der Waals surface area contributed by atoms with E-state index >= 15 is 0 Å². The molecule has 0 aromatic carbocycles. The van der Waals surface area contributed by atoms with Crippen LogP contribution in [0.4, 0.5) is 0 Å². The number of hydrogen-bond acceptors (Lipinski definition) is 0. The zero-order valence-corrected chi connectivity index (χ0v) is 9.93. The van der Waals surface area contributed by atoms with Crippen molar-refractivity contribution in [3.63, 3.8) is 0 Å². The lowest BCUT2D eigenvalue weighted by atomic mass is 10.1. The quantitative estimate of drug-likeness (QED) is 0.677. The number of pyridine rings is 2. The molecule has 82 valence electrons. The van der Waals surface area contributed by atoms with Crippen molar-refractivity contribution in [2.45, 2.75) is 12.8 Å². The molecule has 0 bridgehead atoms. The molecule has 0 saturated heterocycles. The molecule has 2 heteroatoms. The van der Waals surface area contributed by atoms with Crippen LogP contribution >= 0.6 is 0 Å². The summed E-state index contributed by atoms with van der Waals surface area (Å²) in [5.41, 5.74) is 2.77. The van der Waals surface area contributed by atoms with E-state index in [0.717, 1.165) is 12.8 Å². The summed E-state index contributed by atoms with van der Waals surface area (Å²) >= 11 is 0. The van der Waals surface area contributed by atoms with Crippen molar-refractivity contribution in [1.82, 2.24) is 0 Å². The molecular formula is C14H18N2+2. The summed E-state index contributed by atoms with van der Waals surface area (Å²) in [6.45, 7) is 0. The van der Waals surface area contributed by atoms with E-state index in [1.54, 1.807) is 0 Å². The molecule has 0 aliphatic rings. The van der Waals surface area contributed by atoms with Gasteiger partial charge in [0.25, 0.3) is 0 Å². The second-order valence-electron chi connectivity index (χ2n) is 4.26. The van der Waals surface area contributed by atoms with Crippen molar-refractivity contribution < 1.29 is 9.13 Å². The molecule has 0 unspecified atom stereocenters. The standard InChI is InChI=1S/C14H18N2/c1-15-9-3-5-13(11-15)7-8-14-6-4-10-16(2)12-14/h3-6,9-12H,7-8H2,1-2H3/q+2. The topological polar surface area (TPSA) is 7.76 Å². The zero-order valence-electron chi connectivity index (χ0n) is 9.93. The first kappa shape index (κ1) is 10.8. The summed E-state index contributed by atoms with van der Waals surface area (Å²) in [5.74, 6) is 0. The molecule has 2 heterocycles. The van der Waals surface area contributed by atoms with Gasteiger partial charge in [-0.05, 0) is 25.0 Å². The van der Waals surface area contributed by atoms with Gasteiger partial charge in [0.1, 0.15) is 14.1 Å². The summed E-state index contributed by atoms with van der Waals surface area (Å²) in [5, 5.41) is 0. The van der Waals surface area contributed by atoms with Gasteiger partial charge in [-0.1, -0.05) is 0 Å². The molecule has 0 atom stereocenters. The number of aryl methyl sites for hydroxylation is 4. The van der Waals surface area contributed by atoms with Gasteiger partial charge in [0, 0.05) is 23.3 Å². The average molecular weight is 214 g/mol. The highest BCUT2D eigenvalue weighted by atomic mass is 14.9. The number of aromatic nitrogens is 2. The van der Waals surface area contributed by atoms with E-state index in [4.69, 9.17) is 0 Å². The first-order chi connectivity index (χ1) is 7.74. The van der Waals surface area contributed by atoms with Gasteiger partial charge in [0.15, 0.2) is 24.8 Å². The molecule has 2 aromatic heterocycles. The summed E-state index contributed by atoms with van der Waals surface area (Å²) in [6, 6.07) is 8.56. The Kier molecular flexibility index (Phi) is 3.30. The highest BCUT2D eigenvalue weighted by Crippen LogP contribution is 2.03. The van der Waals surface area contributed by atoms with Crippen molar-refractivity contribution in [2.75, 3.05) is 0 Å². The average Bonchev–Trinajstić information content (AvgIpc) is 2.27. The molecule has 0 spiro atoms. The minimum atomic E-state index is 1.10. The third kappa shape index (κ3) is 2.89.